The number of nitrogens with zero attached hydrogens (tertiary/aromatic N) is 1. The van der Waals surface area contributed by atoms with E-state index in [1.807, 2.05) is 6.07 Å². The molecule has 0 aliphatic heterocycles. The van der Waals surface area contributed by atoms with Crippen LogP contribution in [0.4, 0.5) is 5.69 Å². The maximum absolute atomic E-state index is 14.2. The number of halogens is 1. The molecule has 1 saturated carbocycles. The number of hydrogen-bond donors (Lipinski definition) is 7. The number of Topliss-reactive ketones (excluding diaryl/α,β-unsaturated/α-hetero) is 2. The smallest absolute Gasteiger partial charge is 0.255 e. The van der Waals surface area contributed by atoms with Crippen molar-refractivity contribution in [3.63, 3.8) is 0 Å². The highest BCUT2D eigenvalue weighted by molar-refractivity contribution is 7.81. The number of phenols is 1. The van der Waals surface area contributed by atoms with Crippen LogP contribution in [0, 0.1) is 11.8 Å². The van der Waals surface area contributed by atoms with Crippen molar-refractivity contribution in [2.45, 2.75) is 69.1 Å². The van der Waals surface area contributed by atoms with Crippen LogP contribution in [0.1, 0.15) is 62.5 Å². The Kier molecular flexibility index (Phi) is 12.3. The van der Waals surface area contributed by atoms with Gasteiger partial charge in [-0.1, -0.05) is 44.0 Å². The summed E-state index contributed by atoms with van der Waals surface area (Å²) < 4.78 is 0. The highest BCUT2D eigenvalue weighted by atomic mass is 35.5. The number of benzene rings is 2. The van der Waals surface area contributed by atoms with Gasteiger partial charge in [0.05, 0.1) is 54.1 Å². The van der Waals surface area contributed by atoms with Crippen LogP contribution in [-0.4, -0.2) is 105 Å². The summed E-state index contributed by atoms with van der Waals surface area (Å²) in [6, 6.07) is 12.2. The summed E-state index contributed by atoms with van der Waals surface area (Å²) >= 11 is 0. The van der Waals surface area contributed by atoms with Gasteiger partial charge in [0, 0.05) is 25.2 Å². The summed E-state index contributed by atoms with van der Waals surface area (Å²) in [4.78, 5) is 53.9. The van der Waals surface area contributed by atoms with Crippen LogP contribution in [0.15, 0.2) is 59.4 Å². The molecule has 0 saturated heterocycles. The van der Waals surface area contributed by atoms with Gasteiger partial charge >= 0.3 is 0 Å². The average Bonchev–Trinajstić information content (AvgIpc) is 3.07. The van der Waals surface area contributed by atoms with E-state index in [4.69, 9.17) is 5.73 Å². The number of primary amides is 1. The predicted octanol–water partition coefficient (Wildman–Crippen LogP) is 0.382. The van der Waals surface area contributed by atoms with Crippen molar-refractivity contribution in [3.05, 3.63) is 70.5 Å². The van der Waals surface area contributed by atoms with E-state index in [9.17, 15) is 44.7 Å². The molecule has 14 heteroatoms. The van der Waals surface area contributed by atoms with Gasteiger partial charge in [-0.2, -0.15) is 0 Å². The number of fused-ring (bicyclic) bond motifs is 3. The van der Waals surface area contributed by atoms with Crippen molar-refractivity contribution in [3.8, 4) is 5.75 Å². The molecule has 3 aliphatic carbocycles. The fourth-order valence-corrected chi connectivity index (χ4v) is 10.5. The number of nitrogens with one attached hydrogen (secondary N) is 1. The zero-order chi connectivity index (χ0) is 37.6. The summed E-state index contributed by atoms with van der Waals surface area (Å²) in [6.07, 6.45) is 4.41. The third-order valence-electron chi connectivity index (χ3n) is 11.0. The van der Waals surface area contributed by atoms with Gasteiger partial charge in [0.2, 0.25) is 11.7 Å². The molecular weight excluding hydrogens is 709 g/mol. The normalized spacial score (nSPS) is 25.7. The minimum Gasteiger partial charge on any atom is -1.00 e. The fourth-order valence-electron chi connectivity index (χ4n) is 8.21. The summed E-state index contributed by atoms with van der Waals surface area (Å²) in [5, 5.41) is 61.6. The molecule has 2 aromatic carbocycles. The third-order valence-corrected chi connectivity index (χ3v) is 14.1. The number of aromatic hydroxyl groups is 1. The third kappa shape index (κ3) is 6.99. The Morgan fingerprint density at radius 2 is 1.58 bits per heavy atom. The number of anilines is 1. The molecule has 0 radical (unpaired) electrons. The summed E-state index contributed by atoms with van der Waals surface area (Å²) in [7, 11) is 1.74. The number of carbonyl (C=O) groups excluding carboxylic acids is 4. The number of phenolic OH excluding ortho intramolecular Hbond substituents is 1. The Hall–Kier alpha value is -3.80. The molecule has 8 N–H and O–H groups in total. The second-order valence-electron chi connectivity index (χ2n) is 14.8. The van der Waals surface area contributed by atoms with Gasteiger partial charge in [0.15, 0.2) is 11.4 Å². The van der Waals surface area contributed by atoms with Gasteiger partial charge in [0.1, 0.15) is 22.8 Å². The lowest BCUT2D eigenvalue weighted by Gasteiger charge is -2.53. The largest absolute Gasteiger partial charge is 1.00 e. The number of aliphatic hydroxyl groups excluding tert-OH is 3. The lowest BCUT2D eigenvalue weighted by atomic mass is 9.54. The minimum absolute atomic E-state index is 0. The Bertz CT molecular complexity index is 1810. The van der Waals surface area contributed by atoms with E-state index in [0.29, 0.717) is 12.0 Å². The number of hydrogen-bond acceptors (Lipinski definition) is 10. The van der Waals surface area contributed by atoms with Crippen LogP contribution < -0.4 is 28.8 Å². The second kappa shape index (κ2) is 15.7. The number of likely N-dealkylation sites (N-methyl/N-ethyl adjacent to an activating group) is 1. The van der Waals surface area contributed by atoms with E-state index in [2.05, 4.69) is 42.9 Å². The molecule has 5 rings (SSSR count). The number of carbonyl (C=O) groups is 4. The summed E-state index contributed by atoms with van der Waals surface area (Å²) in [5.41, 5.74) is 1.09. The Morgan fingerprint density at radius 1 is 0.962 bits per heavy atom. The summed E-state index contributed by atoms with van der Waals surface area (Å²) in [5.74, 6) is -10.0. The van der Waals surface area contributed by atoms with Crippen LogP contribution >= 0.6 is 7.26 Å². The molecule has 282 valence electrons. The monoisotopic (exact) mass is 757 g/mol. The van der Waals surface area contributed by atoms with Gasteiger partial charge in [-0.25, -0.2) is 0 Å². The van der Waals surface area contributed by atoms with Crippen molar-refractivity contribution in [1.82, 2.24) is 4.90 Å². The molecule has 0 unspecified atom stereocenters. The first-order chi connectivity index (χ1) is 24.0. The molecule has 3 aliphatic rings. The Labute approximate surface area is 310 Å². The number of aliphatic hydroxyl groups is 4. The van der Waals surface area contributed by atoms with Crippen molar-refractivity contribution < 1.29 is 57.1 Å². The van der Waals surface area contributed by atoms with E-state index < -0.39 is 88.7 Å². The van der Waals surface area contributed by atoms with Crippen LogP contribution in [0.5, 0.6) is 5.75 Å². The van der Waals surface area contributed by atoms with E-state index in [1.165, 1.54) is 36.5 Å². The average molecular weight is 758 g/mol. The Morgan fingerprint density at radius 3 is 2.19 bits per heavy atom. The van der Waals surface area contributed by atoms with Gasteiger partial charge in [-0.15, -0.1) is 0 Å². The summed E-state index contributed by atoms with van der Waals surface area (Å²) in [6.45, 7) is 6.37. The number of ketones is 2. The van der Waals surface area contributed by atoms with Crippen LogP contribution in [-0.2, 0) is 19.2 Å². The van der Waals surface area contributed by atoms with Gasteiger partial charge in [-0.05, 0) is 63.0 Å². The van der Waals surface area contributed by atoms with E-state index in [0.717, 1.165) is 25.7 Å². The number of amides is 2. The molecule has 0 spiro atoms. The highest BCUT2D eigenvalue weighted by Gasteiger charge is 2.68. The molecule has 0 heterocycles. The quantitative estimate of drug-likeness (QED) is 0.0685. The van der Waals surface area contributed by atoms with Crippen LogP contribution in [0.25, 0.3) is 5.76 Å². The first-order valence-electron chi connectivity index (χ1n) is 17.3. The Balaban J connectivity index is 0.00000605. The minimum atomic E-state index is -3.00. The zero-order valence-electron chi connectivity index (χ0n) is 30.1. The molecular formula is C38H49ClN3O9P. The number of unbranched alkanes of at least 4 members (excludes halogenated alkanes) is 4. The first-order valence-corrected chi connectivity index (χ1v) is 20.2. The van der Waals surface area contributed by atoms with Crippen LogP contribution in [0.2, 0.25) is 0 Å². The van der Waals surface area contributed by atoms with E-state index in [1.54, 1.807) is 13.0 Å². The van der Waals surface area contributed by atoms with Crippen molar-refractivity contribution in [1.29, 1.82) is 0 Å². The number of rotatable bonds is 12. The highest BCUT2D eigenvalue weighted by Crippen LogP contribution is 2.57. The predicted molar refractivity (Wildman–Crippen MR) is 196 cm³/mol. The topological polar surface area (TPSA) is 211 Å². The first kappa shape index (κ1) is 41.0. The van der Waals surface area contributed by atoms with Crippen molar-refractivity contribution >= 4 is 47.4 Å². The zero-order valence-corrected chi connectivity index (χ0v) is 31.7. The lowest BCUT2D eigenvalue weighted by molar-refractivity contribution is -0.169. The molecule has 1 fully saturated rings. The molecule has 2 amide bonds. The van der Waals surface area contributed by atoms with Gasteiger partial charge < -0.3 is 49.0 Å². The van der Waals surface area contributed by atoms with E-state index >= 15 is 0 Å². The molecule has 6 atom stereocenters. The van der Waals surface area contributed by atoms with Gasteiger partial charge in [0.25, 0.3) is 5.91 Å². The van der Waals surface area contributed by atoms with E-state index in [-0.39, 0.29) is 36.0 Å². The maximum Gasteiger partial charge on any atom is 0.255 e. The van der Waals surface area contributed by atoms with Gasteiger partial charge in [-0.3, -0.25) is 24.1 Å². The maximum atomic E-state index is 14.2. The van der Waals surface area contributed by atoms with Crippen molar-refractivity contribution in [2.24, 2.45) is 17.6 Å². The molecule has 0 aromatic heterocycles. The van der Waals surface area contributed by atoms with Crippen LogP contribution in [0.3, 0.4) is 0 Å². The molecule has 52 heavy (non-hydrogen) atoms. The molecule has 2 aromatic rings. The molecule has 12 nitrogen and oxygen atoms in total. The standard InChI is InChI=1S/C38H48N3O9P.ClH/c1-20-22-17-18-23(40-24(42)16-12-7-6-8-13-19-51(4,5)21-14-10-9-11-15-21)31(43)26(22)32(44)27-25(20)33(45)29-30(41(2)3)34(46)28(37(39)49)36(48)38(29,50)35(27)47;/h9-11,14-15,17-18,20,25,29-30,33,45,50H,6-8,12-13,16,19H2,1-5H3,(H5-,39,40,42,43,44,46,47,48,49);1H/t20-,25+,29+,30-,33-,38-;/m0./s1. The second-order valence-corrected chi connectivity index (χ2v) is 19.1. The fraction of sp³-hybridized carbons (Fsp3) is 0.474. The molecule has 0 bridgehead atoms. The number of nitrogens with two attached hydrogens (primary N) is 1. The lowest BCUT2D eigenvalue weighted by Crippen LogP contribution is -3.00. The SMILES string of the molecule is C[C@H]1c2ccc(NC(=O)CCCCCCC[P+](C)(C)c3ccccc3)c(O)c2C(O)=C2C(=O)[C@]3(O)C(O)=C(C(N)=O)C(=O)[C@@H](N(C)C)[C@@H]3[C@@H](O)[C@@H]21.[Cl-]. The van der Waals surface area contributed by atoms with Crippen molar-refractivity contribution in [2.75, 3.05) is 38.9 Å².